The molecule has 1 aromatic rings. The van der Waals surface area contributed by atoms with E-state index in [9.17, 15) is 17.6 Å². The van der Waals surface area contributed by atoms with E-state index in [-0.39, 0.29) is 34.5 Å². The first kappa shape index (κ1) is 16.7. The van der Waals surface area contributed by atoms with Gasteiger partial charge in [-0.15, -0.1) is 11.6 Å². The Morgan fingerprint density at radius 2 is 2.04 bits per heavy atom. The zero-order valence-electron chi connectivity index (χ0n) is 12.0. The van der Waals surface area contributed by atoms with E-state index < -0.39 is 15.7 Å². The number of hydrogen-bond acceptors (Lipinski definition) is 4. The molecule has 2 aliphatic heterocycles. The molecule has 1 amide bonds. The minimum atomic E-state index is -3.08. The van der Waals surface area contributed by atoms with Gasteiger partial charge in [-0.05, 0) is 17.7 Å². The first-order chi connectivity index (χ1) is 10.9. The van der Waals surface area contributed by atoms with E-state index >= 15 is 0 Å². The molecule has 0 saturated carbocycles. The number of thioether (sulfide) groups is 1. The smallest absolute Gasteiger partial charge is 0.262 e. The van der Waals surface area contributed by atoms with Crippen LogP contribution in [0.1, 0.15) is 5.56 Å². The monoisotopic (exact) mass is 376 g/mol. The molecule has 2 aliphatic rings. The molecule has 0 N–H and O–H groups in total. The molecule has 0 bridgehead atoms. The van der Waals surface area contributed by atoms with Gasteiger partial charge in [-0.25, -0.2) is 12.8 Å². The Morgan fingerprint density at radius 1 is 1.35 bits per heavy atom. The lowest BCUT2D eigenvalue weighted by Crippen LogP contribution is -2.37. The number of alkyl halides is 1. The van der Waals surface area contributed by atoms with Crippen LogP contribution in [0.15, 0.2) is 29.3 Å². The minimum Gasteiger partial charge on any atom is -0.342 e. The van der Waals surface area contributed by atoms with Crippen LogP contribution in [0, 0.1) is 5.82 Å². The fourth-order valence-corrected chi connectivity index (χ4v) is 6.77. The Hall–Kier alpha value is -1.12. The third-order valence-corrected chi connectivity index (χ3v) is 7.25. The number of carbonyl (C=O) groups excluding carboxylic acids is 1. The van der Waals surface area contributed by atoms with Crippen molar-refractivity contribution in [2.24, 2.45) is 4.99 Å². The highest BCUT2D eigenvalue weighted by Gasteiger charge is 2.48. The summed E-state index contributed by atoms with van der Waals surface area (Å²) in [5, 5.41) is 0.354. The summed E-state index contributed by atoms with van der Waals surface area (Å²) >= 11 is 6.80. The summed E-state index contributed by atoms with van der Waals surface area (Å²) in [4.78, 5) is 17.3. The number of benzene rings is 1. The topological polar surface area (TPSA) is 66.8 Å². The molecule has 5 nitrogen and oxygen atoms in total. The number of hydrogen-bond donors (Lipinski definition) is 0. The molecule has 2 atom stereocenters. The summed E-state index contributed by atoms with van der Waals surface area (Å²) in [6, 6.07) is 5.75. The number of aliphatic imine (C=N–C) groups is 1. The van der Waals surface area contributed by atoms with Gasteiger partial charge in [0.05, 0.1) is 17.5 Å². The van der Waals surface area contributed by atoms with Crippen LogP contribution in [0.4, 0.5) is 4.39 Å². The van der Waals surface area contributed by atoms with Crippen LogP contribution in [-0.4, -0.2) is 53.1 Å². The van der Waals surface area contributed by atoms with Crippen molar-refractivity contribution >= 4 is 44.3 Å². The predicted molar refractivity (Wildman–Crippen MR) is 88.9 cm³/mol. The molecule has 23 heavy (non-hydrogen) atoms. The van der Waals surface area contributed by atoms with E-state index in [0.29, 0.717) is 11.7 Å². The molecule has 9 heteroatoms. The highest BCUT2D eigenvalue weighted by atomic mass is 35.5. The van der Waals surface area contributed by atoms with Crippen molar-refractivity contribution in [3.8, 4) is 0 Å². The zero-order valence-corrected chi connectivity index (χ0v) is 14.4. The van der Waals surface area contributed by atoms with Gasteiger partial charge < -0.3 is 4.90 Å². The number of sulfone groups is 1. The van der Waals surface area contributed by atoms with Crippen LogP contribution in [0.5, 0.6) is 0 Å². The Labute approximate surface area is 142 Å². The number of fused-ring (bicyclic) bond motifs is 1. The van der Waals surface area contributed by atoms with Crippen molar-refractivity contribution in [1.82, 2.24) is 4.90 Å². The van der Waals surface area contributed by atoms with Crippen molar-refractivity contribution < 1.29 is 17.6 Å². The van der Waals surface area contributed by atoms with Gasteiger partial charge in [0.1, 0.15) is 11.7 Å². The van der Waals surface area contributed by atoms with E-state index in [1.165, 1.54) is 23.9 Å². The Balaban J connectivity index is 1.88. The number of nitrogens with zero attached hydrogens (tertiary/aromatic N) is 2. The number of rotatable bonds is 3. The third kappa shape index (κ3) is 3.70. The molecule has 0 radical (unpaired) electrons. The standard InChI is InChI=1S/C14H14ClFN2O3S2/c15-5-13(19)17-14-18(6-9-1-3-10(16)4-2-9)11-7-23(20,21)8-12(11)22-14/h1-4,11-12H,5-8H2/t11-,12+/m1/s1. The predicted octanol–water partition coefficient (Wildman–Crippen LogP) is 1.66. The maximum atomic E-state index is 13.0. The molecule has 2 heterocycles. The van der Waals surface area contributed by atoms with Crippen molar-refractivity contribution in [3.63, 3.8) is 0 Å². The Morgan fingerprint density at radius 3 is 2.70 bits per heavy atom. The molecule has 124 valence electrons. The van der Waals surface area contributed by atoms with Crippen molar-refractivity contribution in [3.05, 3.63) is 35.6 Å². The van der Waals surface area contributed by atoms with E-state index in [2.05, 4.69) is 4.99 Å². The third-order valence-electron chi connectivity index (χ3n) is 3.78. The van der Waals surface area contributed by atoms with Gasteiger partial charge >= 0.3 is 0 Å². The largest absolute Gasteiger partial charge is 0.342 e. The molecule has 1 aromatic carbocycles. The van der Waals surface area contributed by atoms with E-state index in [1.54, 1.807) is 12.1 Å². The van der Waals surface area contributed by atoms with Gasteiger partial charge in [0.2, 0.25) is 0 Å². The first-order valence-corrected chi connectivity index (χ1v) is 10.2. The van der Waals surface area contributed by atoms with Crippen LogP contribution >= 0.6 is 23.4 Å². The van der Waals surface area contributed by atoms with Crippen LogP contribution in [0.2, 0.25) is 0 Å². The van der Waals surface area contributed by atoms with Gasteiger partial charge in [0.15, 0.2) is 15.0 Å². The van der Waals surface area contributed by atoms with E-state index in [4.69, 9.17) is 11.6 Å². The average Bonchev–Trinajstić information content (AvgIpc) is 2.94. The highest BCUT2D eigenvalue weighted by molar-refractivity contribution is 8.15. The molecular weight excluding hydrogens is 363 g/mol. The first-order valence-electron chi connectivity index (χ1n) is 6.93. The Kier molecular flexibility index (Phi) is 4.66. The number of amides is 1. The molecule has 0 unspecified atom stereocenters. The van der Waals surface area contributed by atoms with Crippen molar-refractivity contribution in [2.45, 2.75) is 17.8 Å². The average molecular weight is 377 g/mol. The number of amidine groups is 1. The minimum absolute atomic E-state index is 0.0416. The second-order valence-corrected chi connectivity index (χ2v) is 9.10. The van der Waals surface area contributed by atoms with Gasteiger partial charge in [0.25, 0.3) is 5.91 Å². The summed E-state index contributed by atoms with van der Waals surface area (Å²) in [7, 11) is -3.08. The van der Waals surface area contributed by atoms with Gasteiger partial charge in [0, 0.05) is 11.8 Å². The summed E-state index contributed by atoms with van der Waals surface area (Å²) < 4.78 is 36.7. The quantitative estimate of drug-likeness (QED) is 0.750. The summed E-state index contributed by atoms with van der Waals surface area (Å²) in [6.45, 7) is 0.373. The van der Waals surface area contributed by atoms with Crippen LogP contribution < -0.4 is 0 Å². The van der Waals surface area contributed by atoms with Crippen LogP contribution in [-0.2, 0) is 21.2 Å². The summed E-state index contributed by atoms with van der Waals surface area (Å²) in [6.07, 6.45) is 0. The molecule has 2 saturated heterocycles. The van der Waals surface area contributed by atoms with Gasteiger partial charge in [-0.3, -0.25) is 4.79 Å². The fraction of sp³-hybridized carbons (Fsp3) is 0.429. The SMILES string of the molecule is O=C(CCl)N=C1S[C@H]2CS(=O)(=O)C[C@H]2N1Cc1ccc(F)cc1. The van der Waals surface area contributed by atoms with Gasteiger partial charge in [-0.2, -0.15) is 4.99 Å². The molecule has 2 fully saturated rings. The highest BCUT2D eigenvalue weighted by Crippen LogP contribution is 2.39. The van der Waals surface area contributed by atoms with Crippen LogP contribution in [0.25, 0.3) is 0 Å². The van der Waals surface area contributed by atoms with E-state index in [1.807, 2.05) is 4.90 Å². The molecule has 0 aliphatic carbocycles. The van der Waals surface area contributed by atoms with Gasteiger partial charge in [-0.1, -0.05) is 23.9 Å². The Bertz CT molecular complexity index is 752. The molecule has 0 aromatic heterocycles. The summed E-state index contributed by atoms with van der Waals surface area (Å²) in [5.74, 6) is -0.892. The van der Waals surface area contributed by atoms with Crippen LogP contribution in [0.3, 0.4) is 0 Å². The lowest BCUT2D eigenvalue weighted by molar-refractivity contribution is -0.115. The number of carbonyl (C=O) groups is 1. The molecular formula is C14H14ClFN2O3S2. The fourth-order valence-electron chi connectivity index (χ4n) is 2.74. The normalized spacial score (nSPS) is 27.4. The zero-order chi connectivity index (χ0) is 16.6. The van der Waals surface area contributed by atoms with Crippen molar-refractivity contribution in [1.29, 1.82) is 0 Å². The summed E-state index contributed by atoms with van der Waals surface area (Å²) in [5.41, 5.74) is 0.822. The second-order valence-electron chi connectivity index (χ2n) is 5.48. The van der Waals surface area contributed by atoms with E-state index in [0.717, 1.165) is 5.56 Å². The molecule has 3 rings (SSSR count). The lowest BCUT2D eigenvalue weighted by Gasteiger charge is -2.24. The number of halogens is 2. The lowest BCUT2D eigenvalue weighted by atomic mass is 10.1. The second kappa shape index (κ2) is 6.41. The maximum Gasteiger partial charge on any atom is 0.262 e. The maximum absolute atomic E-state index is 13.0. The molecule has 0 spiro atoms. The van der Waals surface area contributed by atoms with Crippen molar-refractivity contribution in [2.75, 3.05) is 17.4 Å².